The summed E-state index contributed by atoms with van der Waals surface area (Å²) < 4.78 is 42.1. The second-order valence-corrected chi connectivity index (χ2v) is 7.38. The Morgan fingerprint density at radius 1 is 1.04 bits per heavy atom. The van der Waals surface area contributed by atoms with Crippen LogP contribution in [0.25, 0.3) is 0 Å². The third-order valence-corrected chi connectivity index (χ3v) is 5.54. The summed E-state index contributed by atoms with van der Waals surface area (Å²) in [5.74, 6) is -0.0829. The lowest BCUT2D eigenvalue weighted by Gasteiger charge is -2.24. The standard InChI is InChI=1S/C17H18ClNO6S/c1-23-15-8-7-14(10-16(15)24-2)26(21,22)19(11-17(20)25-3)13-6-4-5-12(18)9-13/h4-10H,11H2,1-3H3. The third kappa shape index (κ3) is 4.20. The predicted octanol–water partition coefficient (Wildman–Crippen LogP) is 2.73. The molecule has 0 fully saturated rings. The molecule has 0 unspecified atom stereocenters. The zero-order valence-corrected chi connectivity index (χ0v) is 16.0. The summed E-state index contributed by atoms with van der Waals surface area (Å²) in [6.45, 7) is -0.506. The second-order valence-electron chi connectivity index (χ2n) is 5.08. The molecule has 0 aliphatic heterocycles. The van der Waals surface area contributed by atoms with Crippen LogP contribution in [-0.4, -0.2) is 42.3 Å². The summed E-state index contributed by atoms with van der Waals surface area (Å²) in [5.41, 5.74) is 0.234. The van der Waals surface area contributed by atoms with Crippen molar-refractivity contribution in [2.45, 2.75) is 4.90 Å². The molecule has 0 aliphatic rings. The molecule has 2 rings (SSSR count). The second kappa shape index (κ2) is 8.29. The Hall–Kier alpha value is -2.45. The first-order valence-corrected chi connectivity index (χ1v) is 9.22. The van der Waals surface area contributed by atoms with E-state index in [9.17, 15) is 13.2 Å². The molecule has 0 N–H and O–H groups in total. The highest BCUT2D eigenvalue weighted by atomic mass is 35.5. The molecule has 0 radical (unpaired) electrons. The van der Waals surface area contributed by atoms with Crippen LogP contribution in [0.4, 0.5) is 5.69 Å². The maximum atomic E-state index is 13.1. The Labute approximate surface area is 157 Å². The fourth-order valence-electron chi connectivity index (χ4n) is 2.23. The van der Waals surface area contributed by atoms with Gasteiger partial charge in [0, 0.05) is 11.1 Å². The smallest absolute Gasteiger partial charge is 0.326 e. The molecule has 0 heterocycles. The Morgan fingerprint density at radius 2 is 1.73 bits per heavy atom. The van der Waals surface area contributed by atoms with Crippen LogP contribution < -0.4 is 13.8 Å². The summed E-state index contributed by atoms with van der Waals surface area (Å²) in [4.78, 5) is 11.7. The number of benzene rings is 2. The first-order valence-electron chi connectivity index (χ1n) is 7.40. The van der Waals surface area contributed by atoms with E-state index in [1.807, 2.05) is 0 Å². The van der Waals surface area contributed by atoms with Crippen LogP contribution >= 0.6 is 11.6 Å². The van der Waals surface area contributed by atoms with E-state index in [1.165, 1.54) is 51.7 Å². The average Bonchev–Trinajstić information content (AvgIpc) is 2.64. The van der Waals surface area contributed by atoms with Crippen LogP contribution in [-0.2, 0) is 19.6 Å². The van der Waals surface area contributed by atoms with Crippen molar-refractivity contribution in [1.29, 1.82) is 0 Å². The van der Waals surface area contributed by atoms with Gasteiger partial charge in [0.2, 0.25) is 0 Å². The van der Waals surface area contributed by atoms with Crippen molar-refractivity contribution in [3.8, 4) is 11.5 Å². The predicted molar refractivity (Wildman–Crippen MR) is 97.5 cm³/mol. The van der Waals surface area contributed by atoms with E-state index >= 15 is 0 Å². The normalized spacial score (nSPS) is 10.9. The molecule has 0 bridgehead atoms. The van der Waals surface area contributed by atoms with E-state index < -0.39 is 22.5 Å². The third-order valence-electron chi connectivity index (χ3n) is 3.54. The van der Waals surface area contributed by atoms with Gasteiger partial charge in [-0.2, -0.15) is 0 Å². The van der Waals surface area contributed by atoms with Crippen LogP contribution in [0.3, 0.4) is 0 Å². The topological polar surface area (TPSA) is 82.1 Å². The van der Waals surface area contributed by atoms with Crippen LogP contribution in [0.2, 0.25) is 5.02 Å². The number of methoxy groups -OCH3 is 3. The van der Waals surface area contributed by atoms with Crippen LogP contribution in [0.5, 0.6) is 11.5 Å². The van der Waals surface area contributed by atoms with Crippen LogP contribution in [0.1, 0.15) is 0 Å². The number of carbonyl (C=O) groups is 1. The molecule has 7 nitrogen and oxygen atoms in total. The highest BCUT2D eigenvalue weighted by Gasteiger charge is 2.28. The van der Waals surface area contributed by atoms with Crippen molar-refractivity contribution in [2.24, 2.45) is 0 Å². The van der Waals surface area contributed by atoms with Crippen molar-refractivity contribution in [3.63, 3.8) is 0 Å². The lowest BCUT2D eigenvalue weighted by molar-refractivity contribution is -0.138. The van der Waals surface area contributed by atoms with Gasteiger partial charge in [0.15, 0.2) is 11.5 Å². The molecule has 0 atom stereocenters. The molecule has 2 aromatic rings. The minimum atomic E-state index is -4.10. The van der Waals surface area contributed by atoms with Gasteiger partial charge in [0.25, 0.3) is 10.0 Å². The molecule has 2 aromatic carbocycles. The lowest BCUT2D eigenvalue weighted by Crippen LogP contribution is -2.36. The Kier molecular flexibility index (Phi) is 6.33. The molecule has 0 saturated heterocycles. The number of rotatable bonds is 7. The number of esters is 1. The van der Waals surface area contributed by atoms with E-state index in [0.29, 0.717) is 10.8 Å². The summed E-state index contributed by atoms with van der Waals surface area (Å²) in [6, 6.07) is 10.3. The maximum absolute atomic E-state index is 13.1. The molecule has 0 saturated carbocycles. The summed E-state index contributed by atoms with van der Waals surface area (Å²) in [7, 11) is -0.0670. The number of hydrogen-bond acceptors (Lipinski definition) is 6. The number of sulfonamides is 1. The fourth-order valence-corrected chi connectivity index (χ4v) is 3.83. The van der Waals surface area contributed by atoms with Crippen molar-refractivity contribution in [2.75, 3.05) is 32.2 Å². The fraction of sp³-hybridized carbons (Fsp3) is 0.235. The number of ether oxygens (including phenoxy) is 3. The van der Waals surface area contributed by atoms with Crippen molar-refractivity contribution in [3.05, 3.63) is 47.5 Å². The quantitative estimate of drug-likeness (QED) is 0.666. The molecular formula is C17H18ClNO6S. The molecule has 140 valence electrons. The van der Waals surface area contributed by atoms with E-state index in [2.05, 4.69) is 4.74 Å². The van der Waals surface area contributed by atoms with E-state index in [0.717, 1.165) is 4.31 Å². The van der Waals surface area contributed by atoms with E-state index in [1.54, 1.807) is 12.1 Å². The summed E-state index contributed by atoms with van der Waals surface area (Å²) in [6.07, 6.45) is 0. The number of anilines is 1. The first-order chi connectivity index (χ1) is 12.3. The largest absolute Gasteiger partial charge is 0.493 e. The minimum absolute atomic E-state index is 0.0703. The average molecular weight is 400 g/mol. The first kappa shape index (κ1) is 19.9. The van der Waals surface area contributed by atoms with Gasteiger partial charge in [-0.3, -0.25) is 9.10 Å². The minimum Gasteiger partial charge on any atom is -0.493 e. The van der Waals surface area contributed by atoms with E-state index in [-0.39, 0.29) is 16.3 Å². The number of halogens is 1. The monoisotopic (exact) mass is 399 g/mol. The van der Waals surface area contributed by atoms with E-state index in [4.69, 9.17) is 21.1 Å². The Balaban J connectivity index is 2.57. The van der Waals surface area contributed by atoms with Crippen molar-refractivity contribution in [1.82, 2.24) is 0 Å². The molecular weight excluding hydrogens is 382 g/mol. The highest BCUT2D eigenvalue weighted by Crippen LogP contribution is 2.32. The lowest BCUT2D eigenvalue weighted by atomic mass is 10.3. The van der Waals surface area contributed by atoms with Crippen LogP contribution in [0, 0.1) is 0 Å². The maximum Gasteiger partial charge on any atom is 0.326 e. The molecule has 0 aromatic heterocycles. The van der Waals surface area contributed by atoms with Crippen molar-refractivity contribution >= 4 is 33.3 Å². The van der Waals surface area contributed by atoms with Gasteiger partial charge in [-0.25, -0.2) is 8.42 Å². The van der Waals surface area contributed by atoms with Gasteiger partial charge in [-0.15, -0.1) is 0 Å². The number of carbonyl (C=O) groups excluding carboxylic acids is 1. The number of hydrogen-bond donors (Lipinski definition) is 0. The molecule has 0 amide bonds. The molecule has 0 aliphatic carbocycles. The van der Waals surface area contributed by atoms with Gasteiger partial charge in [0.05, 0.1) is 31.9 Å². The molecule has 9 heteroatoms. The van der Waals surface area contributed by atoms with Gasteiger partial charge >= 0.3 is 5.97 Å². The molecule has 26 heavy (non-hydrogen) atoms. The van der Waals surface area contributed by atoms with Gasteiger partial charge < -0.3 is 14.2 Å². The summed E-state index contributed by atoms with van der Waals surface area (Å²) >= 11 is 5.97. The molecule has 0 spiro atoms. The van der Waals surface area contributed by atoms with Crippen LogP contribution in [0.15, 0.2) is 47.4 Å². The zero-order chi connectivity index (χ0) is 19.3. The highest BCUT2D eigenvalue weighted by molar-refractivity contribution is 7.92. The Bertz CT molecular complexity index is 900. The summed E-state index contributed by atoms with van der Waals surface area (Å²) in [5, 5.41) is 0.333. The van der Waals surface area contributed by atoms with Gasteiger partial charge in [-0.1, -0.05) is 17.7 Å². The number of nitrogens with zero attached hydrogens (tertiary/aromatic N) is 1. The van der Waals surface area contributed by atoms with Crippen molar-refractivity contribution < 1.29 is 27.4 Å². The van der Waals surface area contributed by atoms with Gasteiger partial charge in [0.1, 0.15) is 6.54 Å². The SMILES string of the molecule is COC(=O)CN(c1cccc(Cl)c1)S(=O)(=O)c1ccc(OC)c(OC)c1. The zero-order valence-electron chi connectivity index (χ0n) is 14.4. The Morgan fingerprint density at radius 3 is 2.31 bits per heavy atom. The van der Waals surface area contributed by atoms with Gasteiger partial charge in [-0.05, 0) is 30.3 Å².